The molecule has 1 N–H and O–H groups in total. The van der Waals surface area contributed by atoms with Crippen molar-refractivity contribution in [1.82, 2.24) is 0 Å². The first kappa shape index (κ1) is 9.49. The molecule has 1 unspecified atom stereocenters. The van der Waals surface area contributed by atoms with E-state index < -0.39 is 6.10 Å². The molecule has 0 spiro atoms. The van der Waals surface area contributed by atoms with Crippen LogP contribution < -0.4 is 0 Å². The number of rotatable bonds is 3. The quantitative estimate of drug-likeness (QED) is 0.841. The molecule has 0 amide bonds. The second-order valence-electron chi connectivity index (χ2n) is 3.31. The molecular weight excluding hydrogens is 196 g/mol. The van der Waals surface area contributed by atoms with Gasteiger partial charge in [0.05, 0.1) is 12.4 Å². The van der Waals surface area contributed by atoms with Crippen LogP contribution in [0.3, 0.4) is 0 Å². The highest BCUT2D eigenvalue weighted by molar-refractivity contribution is 7.08. The van der Waals surface area contributed by atoms with Crippen molar-refractivity contribution in [3.8, 4) is 0 Å². The molecular formula is C11H12O2S. The van der Waals surface area contributed by atoms with E-state index in [1.165, 1.54) is 0 Å². The maximum absolute atomic E-state index is 9.91. The first-order chi connectivity index (χ1) is 6.77. The Labute approximate surface area is 86.8 Å². The van der Waals surface area contributed by atoms with Crippen LogP contribution in [-0.2, 0) is 6.42 Å². The zero-order valence-corrected chi connectivity index (χ0v) is 8.75. The Morgan fingerprint density at radius 2 is 2.36 bits per heavy atom. The zero-order valence-electron chi connectivity index (χ0n) is 7.93. The van der Waals surface area contributed by atoms with Gasteiger partial charge in [0.25, 0.3) is 0 Å². The molecule has 3 heteroatoms. The summed E-state index contributed by atoms with van der Waals surface area (Å²) in [5, 5.41) is 13.9. The van der Waals surface area contributed by atoms with Crippen LogP contribution in [0.2, 0.25) is 0 Å². The van der Waals surface area contributed by atoms with Crippen LogP contribution in [0.1, 0.15) is 23.0 Å². The highest BCUT2D eigenvalue weighted by Crippen LogP contribution is 2.24. The summed E-state index contributed by atoms with van der Waals surface area (Å²) in [4.78, 5) is 0. The fourth-order valence-corrected chi connectivity index (χ4v) is 2.34. The summed E-state index contributed by atoms with van der Waals surface area (Å²) >= 11 is 1.62. The standard InChI is InChI=1S/C11H12O2S/c1-8-6-14-7-10(8)11(12)5-9-3-2-4-13-9/h2-4,6-7,11-12H,5H2,1H3. The van der Waals surface area contributed by atoms with E-state index in [1.807, 2.05) is 29.8 Å². The first-order valence-corrected chi connectivity index (χ1v) is 5.45. The summed E-state index contributed by atoms with van der Waals surface area (Å²) in [6.07, 6.45) is 1.72. The molecule has 2 rings (SSSR count). The lowest BCUT2D eigenvalue weighted by molar-refractivity contribution is 0.170. The summed E-state index contributed by atoms with van der Waals surface area (Å²) in [6.45, 7) is 2.01. The van der Waals surface area contributed by atoms with E-state index in [1.54, 1.807) is 17.6 Å². The maximum atomic E-state index is 9.91. The van der Waals surface area contributed by atoms with Crippen molar-refractivity contribution < 1.29 is 9.52 Å². The van der Waals surface area contributed by atoms with Gasteiger partial charge in [-0.25, -0.2) is 0 Å². The van der Waals surface area contributed by atoms with Crippen LogP contribution in [0.25, 0.3) is 0 Å². The van der Waals surface area contributed by atoms with Crippen LogP contribution in [-0.4, -0.2) is 5.11 Å². The van der Waals surface area contributed by atoms with Crippen molar-refractivity contribution in [1.29, 1.82) is 0 Å². The van der Waals surface area contributed by atoms with Gasteiger partial charge in [-0.05, 0) is 40.9 Å². The van der Waals surface area contributed by atoms with Crippen LogP contribution in [0.4, 0.5) is 0 Å². The second kappa shape index (κ2) is 3.98. The molecule has 2 heterocycles. The number of aliphatic hydroxyl groups is 1. The molecule has 1 atom stereocenters. The minimum absolute atomic E-state index is 0.451. The van der Waals surface area contributed by atoms with Gasteiger partial charge in [0, 0.05) is 6.42 Å². The Morgan fingerprint density at radius 1 is 1.50 bits per heavy atom. The third-order valence-corrected chi connectivity index (χ3v) is 3.11. The van der Waals surface area contributed by atoms with E-state index in [2.05, 4.69) is 0 Å². The van der Waals surface area contributed by atoms with Gasteiger partial charge in [-0.2, -0.15) is 11.3 Å². The molecule has 0 fully saturated rings. The van der Waals surface area contributed by atoms with Crippen molar-refractivity contribution in [2.24, 2.45) is 0 Å². The molecule has 0 radical (unpaired) electrons. The van der Waals surface area contributed by atoms with E-state index in [-0.39, 0.29) is 0 Å². The number of furan rings is 1. The van der Waals surface area contributed by atoms with Gasteiger partial charge in [-0.3, -0.25) is 0 Å². The number of hydrogen-bond acceptors (Lipinski definition) is 3. The van der Waals surface area contributed by atoms with Crippen LogP contribution >= 0.6 is 11.3 Å². The van der Waals surface area contributed by atoms with Crippen molar-refractivity contribution in [3.63, 3.8) is 0 Å². The topological polar surface area (TPSA) is 33.4 Å². The number of aliphatic hydroxyl groups excluding tert-OH is 1. The number of hydrogen-bond donors (Lipinski definition) is 1. The number of aryl methyl sites for hydroxylation is 1. The molecule has 2 aromatic heterocycles. The molecule has 0 aliphatic carbocycles. The van der Waals surface area contributed by atoms with E-state index in [0.717, 1.165) is 16.9 Å². The van der Waals surface area contributed by atoms with E-state index in [4.69, 9.17) is 4.42 Å². The van der Waals surface area contributed by atoms with Gasteiger partial charge in [-0.15, -0.1) is 0 Å². The lowest BCUT2D eigenvalue weighted by Gasteiger charge is -2.07. The van der Waals surface area contributed by atoms with Crippen LogP contribution in [0, 0.1) is 6.92 Å². The monoisotopic (exact) mass is 208 g/mol. The predicted molar refractivity (Wildman–Crippen MR) is 56.4 cm³/mol. The Morgan fingerprint density at radius 3 is 2.93 bits per heavy atom. The highest BCUT2D eigenvalue weighted by atomic mass is 32.1. The fraction of sp³-hybridized carbons (Fsp3) is 0.273. The molecule has 2 aromatic rings. The van der Waals surface area contributed by atoms with Crippen molar-refractivity contribution in [2.45, 2.75) is 19.4 Å². The summed E-state index contributed by atoms with van der Waals surface area (Å²) in [6, 6.07) is 3.72. The van der Waals surface area contributed by atoms with Crippen molar-refractivity contribution in [2.75, 3.05) is 0 Å². The third kappa shape index (κ3) is 1.89. The average molecular weight is 208 g/mol. The smallest absolute Gasteiger partial charge is 0.106 e. The molecule has 0 aliphatic heterocycles. The Balaban J connectivity index is 2.10. The average Bonchev–Trinajstić information content (AvgIpc) is 2.75. The van der Waals surface area contributed by atoms with E-state index >= 15 is 0 Å². The third-order valence-electron chi connectivity index (χ3n) is 2.23. The molecule has 0 aliphatic rings. The minimum Gasteiger partial charge on any atom is -0.469 e. The van der Waals surface area contributed by atoms with Crippen molar-refractivity contribution in [3.05, 3.63) is 46.0 Å². The van der Waals surface area contributed by atoms with Crippen LogP contribution in [0.5, 0.6) is 0 Å². The lowest BCUT2D eigenvalue weighted by atomic mass is 10.1. The molecule has 0 aromatic carbocycles. The Bertz CT molecular complexity index is 389. The molecule has 14 heavy (non-hydrogen) atoms. The zero-order chi connectivity index (χ0) is 9.97. The maximum Gasteiger partial charge on any atom is 0.106 e. The van der Waals surface area contributed by atoms with Gasteiger partial charge in [0.15, 0.2) is 0 Å². The second-order valence-corrected chi connectivity index (χ2v) is 4.05. The van der Waals surface area contributed by atoms with E-state index in [0.29, 0.717) is 6.42 Å². The summed E-state index contributed by atoms with van der Waals surface area (Å²) < 4.78 is 5.19. The van der Waals surface area contributed by atoms with Gasteiger partial charge in [0.1, 0.15) is 5.76 Å². The molecule has 0 saturated heterocycles. The fourth-order valence-electron chi connectivity index (χ4n) is 1.44. The minimum atomic E-state index is -0.451. The van der Waals surface area contributed by atoms with Gasteiger partial charge < -0.3 is 9.52 Å². The molecule has 2 nitrogen and oxygen atoms in total. The molecule has 0 bridgehead atoms. The van der Waals surface area contributed by atoms with Gasteiger partial charge >= 0.3 is 0 Å². The lowest BCUT2D eigenvalue weighted by Crippen LogP contribution is -2.00. The summed E-state index contributed by atoms with van der Waals surface area (Å²) in [5.41, 5.74) is 2.15. The summed E-state index contributed by atoms with van der Waals surface area (Å²) in [7, 11) is 0. The Kier molecular flexibility index (Phi) is 2.70. The number of thiophene rings is 1. The largest absolute Gasteiger partial charge is 0.469 e. The van der Waals surface area contributed by atoms with E-state index in [9.17, 15) is 5.11 Å². The predicted octanol–water partition coefficient (Wildman–Crippen LogP) is 2.93. The van der Waals surface area contributed by atoms with Gasteiger partial charge in [0.2, 0.25) is 0 Å². The summed E-state index contributed by atoms with van der Waals surface area (Å²) in [5.74, 6) is 0.822. The highest BCUT2D eigenvalue weighted by Gasteiger charge is 2.12. The normalized spacial score (nSPS) is 13.0. The SMILES string of the molecule is Cc1cscc1C(O)Cc1ccco1. The van der Waals surface area contributed by atoms with Gasteiger partial charge in [-0.1, -0.05) is 0 Å². The molecule has 0 saturated carbocycles. The molecule has 74 valence electrons. The Hall–Kier alpha value is -1.06. The van der Waals surface area contributed by atoms with Crippen LogP contribution in [0.15, 0.2) is 33.6 Å². The van der Waals surface area contributed by atoms with Crippen molar-refractivity contribution >= 4 is 11.3 Å². The first-order valence-electron chi connectivity index (χ1n) is 4.50.